The summed E-state index contributed by atoms with van der Waals surface area (Å²) in [6.45, 7) is 2.19. The Bertz CT molecular complexity index is 479. The summed E-state index contributed by atoms with van der Waals surface area (Å²) in [5.74, 6) is -0.375. The minimum atomic E-state index is -0.609. The largest absolute Gasteiger partial charge is 0.393 e. The summed E-state index contributed by atoms with van der Waals surface area (Å²) in [5, 5.41) is 22.4. The molecule has 1 unspecified atom stereocenters. The summed E-state index contributed by atoms with van der Waals surface area (Å²) < 4.78 is 0. The molecule has 0 aromatic heterocycles. The van der Waals surface area contributed by atoms with Crippen LogP contribution in [0.3, 0.4) is 0 Å². The normalized spacial score (nSPS) is 11.9. The van der Waals surface area contributed by atoms with Gasteiger partial charge in [-0.3, -0.25) is 14.9 Å². The number of nitrogens with zero attached hydrogens (tertiary/aromatic N) is 1. The number of carbonyl (C=O) groups excluding carboxylic acids is 1. The molecular formula is C12H15ClN2O4. The van der Waals surface area contributed by atoms with Gasteiger partial charge in [0, 0.05) is 18.2 Å². The number of nitrogens with one attached hydrogen (secondary N) is 1. The summed E-state index contributed by atoms with van der Waals surface area (Å²) in [5.41, 5.74) is 0.0150. The van der Waals surface area contributed by atoms with Crippen molar-refractivity contribution in [3.05, 3.63) is 38.9 Å². The molecule has 1 aromatic carbocycles. The molecule has 1 amide bonds. The lowest BCUT2D eigenvalue weighted by Crippen LogP contribution is -2.27. The first-order chi connectivity index (χ1) is 8.95. The number of rotatable bonds is 6. The summed E-state index contributed by atoms with van der Waals surface area (Å²) in [7, 11) is 0. The zero-order valence-corrected chi connectivity index (χ0v) is 11.2. The maximum Gasteiger partial charge on any atom is 0.287 e. The van der Waals surface area contributed by atoms with Crippen molar-refractivity contribution in [3.63, 3.8) is 0 Å². The molecule has 0 aliphatic rings. The predicted octanol–water partition coefficient (Wildman–Crippen LogP) is 2.14. The van der Waals surface area contributed by atoms with Crippen LogP contribution in [0.15, 0.2) is 18.2 Å². The van der Waals surface area contributed by atoms with Crippen LogP contribution in [0.5, 0.6) is 0 Å². The van der Waals surface area contributed by atoms with Gasteiger partial charge in [0.2, 0.25) is 0 Å². The van der Waals surface area contributed by atoms with Gasteiger partial charge in [0.05, 0.1) is 11.0 Å². The monoisotopic (exact) mass is 286 g/mol. The van der Waals surface area contributed by atoms with Crippen LogP contribution >= 0.6 is 11.6 Å². The minimum Gasteiger partial charge on any atom is -0.393 e. The van der Waals surface area contributed by atoms with Gasteiger partial charge in [-0.05, 0) is 25.0 Å². The molecule has 0 saturated heterocycles. The van der Waals surface area contributed by atoms with Crippen molar-refractivity contribution < 1.29 is 14.8 Å². The van der Waals surface area contributed by atoms with Crippen molar-refractivity contribution in [3.8, 4) is 0 Å². The van der Waals surface area contributed by atoms with Crippen molar-refractivity contribution >= 4 is 23.2 Å². The standard InChI is InChI=1S/C12H15ClN2O4/c1-2-9(16)5-6-14-12(17)8-3-4-11(15(18)19)10(13)7-8/h3-4,7,9,16H,2,5-6H2,1H3,(H,14,17). The van der Waals surface area contributed by atoms with E-state index in [-0.39, 0.29) is 22.2 Å². The zero-order chi connectivity index (χ0) is 14.4. The van der Waals surface area contributed by atoms with Crippen molar-refractivity contribution in [1.82, 2.24) is 5.32 Å². The number of hydrogen-bond donors (Lipinski definition) is 2. The number of benzene rings is 1. The van der Waals surface area contributed by atoms with Crippen LogP contribution < -0.4 is 5.32 Å². The lowest BCUT2D eigenvalue weighted by molar-refractivity contribution is -0.384. The maximum atomic E-state index is 11.7. The number of hydrogen-bond acceptors (Lipinski definition) is 4. The molecule has 6 nitrogen and oxygen atoms in total. The summed E-state index contributed by atoms with van der Waals surface area (Å²) in [6, 6.07) is 3.79. The summed E-state index contributed by atoms with van der Waals surface area (Å²) in [6.07, 6.45) is 0.642. The van der Waals surface area contributed by atoms with E-state index in [1.54, 1.807) is 0 Å². The van der Waals surface area contributed by atoms with Crippen molar-refractivity contribution in [2.75, 3.05) is 6.54 Å². The van der Waals surface area contributed by atoms with E-state index >= 15 is 0 Å². The van der Waals surface area contributed by atoms with Crippen molar-refractivity contribution in [1.29, 1.82) is 0 Å². The molecule has 0 heterocycles. The number of aliphatic hydroxyl groups excluding tert-OH is 1. The minimum absolute atomic E-state index is 0.0776. The molecule has 0 aliphatic carbocycles. The first kappa shape index (κ1) is 15.4. The number of aliphatic hydroxyl groups is 1. The van der Waals surface area contributed by atoms with E-state index in [1.807, 2.05) is 6.92 Å². The van der Waals surface area contributed by atoms with Crippen molar-refractivity contribution in [2.24, 2.45) is 0 Å². The average Bonchev–Trinajstić information content (AvgIpc) is 2.37. The molecule has 2 N–H and O–H groups in total. The Labute approximate surface area is 115 Å². The lowest BCUT2D eigenvalue weighted by atomic mass is 10.1. The molecule has 104 valence electrons. The zero-order valence-electron chi connectivity index (χ0n) is 10.4. The molecule has 7 heteroatoms. The fourth-order valence-electron chi connectivity index (χ4n) is 1.45. The number of nitro groups is 1. The smallest absolute Gasteiger partial charge is 0.287 e. The Kier molecular flexibility index (Phi) is 5.72. The van der Waals surface area contributed by atoms with Crippen LogP contribution in [0.25, 0.3) is 0 Å². The second-order valence-electron chi connectivity index (χ2n) is 4.03. The molecule has 19 heavy (non-hydrogen) atoms. The lowest BCUT2D eigenvalue weighted by Gasteiger charge is -2.09. The highest BCUT2D eigenvalue weighted by atomic mass is 35.5. The molecule has 0 bridgehead atoms. The van der Waals surface area contributed by atoms with Gasteiger partial charge in [-0.2, -0.15) is 0 Å². The second kappa shape index (κ2) is 7.06. The fraction of sp³-hybridized carbons (Fsp3) is 0.417. The Hall–Kier alpha value is -1.66. The van der Waals surface area contributed by atoms with E-state index in [9.17, 15) is 20.0 Å². The van der Waals surface area contributed by atoms with Crippen molar-refractivity contribution in [2.45, 2.75) is 25.9 Å². The molecule has 1 rings (SSSR count). The van der Waals surface area contributed by atoms with E-state index in [4.69, 9.17) is 11.6 Å². The van der Waals surface area contributed by atoms with Gasteiger partial charge in [-0.15, -0.1) is 0 Å². The van der Waals surface area contributed by atoms with Gasteiger partial charge in [0.25, 0.3) is 11.6 Å². The Morgan fingerprint density at radius 2 is 2.26 bits per heavy atom. The van der Waals surface area contributed by atoms with Crippen LogP contribution in [0.2, 0.25) is 5.02 Å². The highest BCUT2D eigenvalue weighted by Crippen LogP contribution is 2.24. The Morgan fingerprint density at radius 3 is 2.79 bits per heavy atom. The van der Waals surface area contributed by atoms with Crippen LogP contribution in [0.4, 0.5) is 5.69 Å². The van der Waals surface area contributed by atoms with Gasteiger partial charge >= 0.3 is 0 Å². The number of halogens is 1. The van der Waals surface area contributed by atoms with Gasteiger partial charge < -0.3 is 10.4 Å². The quantitative estimate of drug-likeness (QED) is 0.619. The maximum absolute atomic E-state index is 11.7. The van der Waals surface area contributed by atoms with Crippen LogP contribution in [-0.4, -0.2) is 28.6 Å². The van der Waals surface area contributed by atoms with Gasteiger partial charge in [0.1, 0.15) is 5.02 Å². The third-order valence-corrected chi connectivity index (χ3v) is 2.94. The molecule has 0 radical (unpaired) electrons. The van der Waals surface area contributed by atoms with E-state index in [2.05, 4.69) is 5.32 Å². The Balaban J connectivity index is 2.63. The topological polar surface area (TPSA) is 92.5 Å². The van der Waals surface area contributed by atoms with Gasteiger partial charge in [-0.1, -0.05) is 18.5 Å². The molecule has 0 spiro atoms. The first-order valence-electron chi connectivity index (χ1n) is 5.86. The SMILES string of the molecule is CCC(O)CCNC(=O)c1ccc([N+](=O)[O-])c(Cl)c1. The van der Waals surface area contributed by atoms with E-state index in [1.165, 1.54) is 18.2 Å². The molecule has 0 fully saturated rings. The highest BCUT2D eigenvalue weighted by molar-refractivity contribution is 6.33. The van der Waals surface area contributed by atoms with Gasteiger partial charge in [-0.25, -0.2) is 0 Å². The van der Waals surface area contributed by atoms with Gasteiger partial charge in [0.15, 0.2) is 0 Å². The molecule has 0 saturated carbocycles. The molecule has 1 aromatic rings. The third-order valence-electron chi connectivity index (χ3n) is 2.64. The predicted molar refractivity (Wildman–Crippen MR) is 71.4 cm³/mol. The summed E-state index contributed by atoms with van der Waals surface area (Å²) >= 11 is 5.71. The molecule has 0 aliphatic heterocycles. The third kappa shape index (κ3) is 4.50. The number of amides is 1. The van der Waals surface area contributed by atoms with Crippen LogP contribution in [-0.2, 0) is 0 Å². The molecular weight excluding hydrogens is 272 g/mol. The van der Waals surface area contributed by atoms with E-state index < -0.39 is 11.0 Å². The Morgan fingerprint density at radius 1 is 1.58 bits per heavy atom. The number of nitro benzene ring substituents is 1. The fourth-order valence-corrected chi connectivity index (χ4v) is 1.70. The first-order valence-corrected chi connectivity index (χ1v) is 6.23. The summed E-state index contributed by atoms with van der Waals surface area (Å²) in [4.78, 5) is 21.7. The average molecular weight is 287 g/mol. The highest BCUT2D eigenvalue weighted by Gasteiger charge is 2.15. The van der Waals surface area contributed by atoms with E-state index in [0.717, 1.165) is 0 Å². The van der Waals surface area contributed by atoms with Crippen LogP contribution in [0.1, 0.15) is 30.1 Å². The van der Waals surface area contributed by atoms with Crippen LogP contribution in [0, 0.1) is 10.1 Å². The van der Waals surface area contributed by atoms with E-state index in [0.29, 0.717) is 19.4 Å². The second-order valence-corrected chi connectivity index (χ2v) is 4.44. The molecule has 1 atom stereocenters. The number of carbonyl (C=O) groups is 1.